The highest BCUT2D eigenvalue weighted by Crippen LogP contribution is 2.44. The van der Waals surface area contributed by atoms with E-state index in [1.165, 1.54) is 25.3 Å². The van der Waals surface area contributed by atoms with Crippen LogP contribution in [0.2, 0.25) is 0 Å². The number of aromatic nitrogens is 5. The first kappa shape index (κ1) is 43.3. The number of ether oxygens (including phenoxy) is 3. The third-order valence-corrected chi connectivity index (χ3v) is 11.7. The molecule has 0 radical (unpaired) electrons. The van der Waals surface area contributed by atoms with E-state index in [9.17, 15) is 14.4 Å². The molecule has 3 heterocycles. The third kappa shape index (κ3) is 8.18. The number of methoxy groups -OCH3 is 2. The summed E-state index contributed by atoms with van der Waals surface area (Å²) >= 11 is 0. The van der Waals surface area contributed by atoms with E-state index in [1.807, 2.05) is 115 Å². The molecule has 1 N–H and O–H groups in total. The summed E-state index contributed by atoms with van der Waals surface area (Å²) in [7, 11) is 2.78. The quantitative estimate of drug-likeness (QED) is 0.0539. The minimum absolute atomic E-state index is 0.00168. The summed E-state index contributed by atoms with van der Waals surface area (Å²) in [5, 5.41) is 17.2. The van der Waals surface area contributed by atoms with Crippen LogP contribution in [0.25, 0.3) is 22.5 Å². The molecule has 1 aliphatic heterocycles. The van der Waals surface area contributed by atoms with Crippen molar-refractivity contribution < 1.29 is 28.6 Å². The van der Waals surface area contributed by atoms with Crippen molar-refractivity contribution >= 4 is 17.7 Å². The maximum atomic E-state index is 14.2. The molecular formula is C51H49N7O6. The van der Waals surface area contributed by atoms with Crippen molar-refractivity contribution in [2.24, 2.45) is 0 Å². The fraction of sp³-hybridized carbons (Fsp3) is 0.235. The Balaban J connectivity index is 1.18. The fourth-order valence-corrected chi connectivity index (χ4v) is 8.80. The molecule has 1 aliphatic rings. The number of esters is 1. The SMILES string of the molecule is CCCC(=O)[C@@H](N[C@@]1(C(=O)OC)CCCN1C(=O)c1ccc(OCOC)nc1)c1ccc(-c2ccccc2-c2nnnn2C(c2ccccc2)(c2ccccc2)c2ccccc2)cc1. The van der Waals surface area contributed by atoms with Gasteiger partial charge in [-0.3, -0.25) is 14.9 Å². The van der Waals surface area contributed by atoms with Crippen LogP contribution in [0.15, 0.2) is 158 Å². The van der Waals surface area contributed by atoms with Gasteiger partial charge in [0.25, 0.3) is 5.91 Å². The lowest BCUT2D eigenvalue weighted by atomic mass is 9.77. The second kappa shape index (κ2) is 19.4. The molecule has 1 saturated heterocycles. The van der Waals surface area contributed by atoms with Crippen LogP contribution in [-0.4, -0.2) is 81.0 Å². The number of hydrogen-bond acceptors (Lipinski definition) is 11. The number of rotatable bonds is 17. The van der Waals surface area contributed by atoms with Crippen molar-refractivity contribution in [3.63, 3.8) is 0 Å². The molecule has 8 rings (SSSR count). The van der Waals surface area contributed by atoms with Gasteiger partial charge in [-0.2, -0.15) is 0 Å². The van der Waals surface area contributed by atoms with E-state index in [4.69, 9.17) is 24.5 Å². The van der Waals surface area contributed by atoms with Gasteiger partial charge in [-0.05, 0) is 69.1 Å². The molecule has 13 nitrogen and oxygen atoms in total. The van der Waals surface area contributed by atoms with E-state index in [0.717, 1.165) is 33.4 Å². The van der Waals surface area contributed by atoms with Crippen LogP contribution in [0.5, 0.6) is 5.88 Å². The lowest BCUT2D eigenvalue weighted by Gasteiger charge is -2.39. The Morgan fingerprint density at radius 2 is 1.38 bits per heavy atom. The summed E-state index contributed by atoms with van der Waals surface area (Å²) in [5.74, 6) is -0.397. The van der Waals surface area contributed by atoms with Gasteiger partial charge in [0.05, 0.1) is 18.7 Å². The fourth-order valence-electron chi connectivity index (χ4n) is 8.80. The Morgan fingerprint density at radius 3 is 1.94 bits per heavy atom. The van der Waals surface area contributed by atoms with Crippen LogP contribution in [0.4, 0.5) is 0 Å². The first-order chi connectivity index (χ1) is 31.3. The molecule has 2 atom stereocenters. The maximum absolute atomic E-state index is 14.2. The Labute approximate surface area is 372 Å². The van der Waals surface area contributed by atoms with E-state index in [0.29, 0.717) is 24.2 Å². The molecule has 0 bridgehead atoms. The Bertz CT molecular complexity index is 2580. The van der Waals surface area contributed by atoms with Crippen LogP contribution < -0.4 is 10.1 Å². The predicted octanol–water partition coefficient (Wildman–Crippen LogP) is 8.03. The molecule has 64 heavy (non-hydrogen) atoms. The van der Waals surface area contributed by atoms with Crippen LogP contribution in [0, 0.1) is 0 Å². The molecule has 324 valence electrons. The van der Waals surface area contributed by atoms with Crippen LogP contribution in [0.1, 0.15) is 71.3 Å². The topological polar surface area (TPSA) is 151 Å². The average Bonchev–Trinajstić information content (AvgIpc) is 4.03. The monoisotopic (exact) mass is 855 g/mol. The first-order valence-electron chi connectivity index (χ1n) is 21.3. The Hall–Kier alpha value is -7.35. The number of tetrazole rings is 1. The molecule has 1 fully saturated rings. The number of carbonyl (C=O) groups is 3. The Morgan fingerprint density at radius 1 is 0.766 bits per heavy atom. The van der Waals surface area contributed by atoms with E-state index >= 15 is 0 Å². The molecule has 2 aromatic heterocycles. The molecule has 0 saturated carbocycles. The van der Waals surface area contributed by atoms with Gasteiger partial charge in [0, 0.05) is 37.9 Å². The van der Waals surface area contributed by atoms with Crippen molar-refractivity contribution in [2.75, 3.05) is 27.6 Å². The highest BCUT2D eigenvalue weighted by atomic mass is 16.7. The highest BCUT2D eigenvalue weighted by molar-refractivity contribution is 5.99. The van der Waals surface area contributed by atoms with Gasteiger partial charge in [0.2, 0.25) is 5.88 Å². The number of benzene rings is 5. The van der Waals surface area contributed by atoms with Gasteiger partial charge in [-0.25, -0.2) is 14.5 Å². The van der Waals surface area contributed by atoms with E-state index in [-0.39, 0.29) is 43.4 Å². The molecule has 5 aromatic carbocycles. The summed E-state index contributed by atoms with van der Waals surface area (Å²) in [6.45, 7) is 2.19. The number of Topliss-reactive ketones (excluding diaryl/α,β-unsaturated/α-hetero) is 1. The van der Waals surface area contributed by atoms with Gasteiger partial charge >= 0.3 is 5.97 Å². The van der Waals surface area contributed by atoms with Crippen LogP contribution in [-0.2, 0) is 24.6 Å². The second-order valence-corrected chi connectivity index (χ2v) is 15.5. The molecule has 1 amide bonds. The molecule has 0 unspecified atom stereocenters. The lowest BCUT2D eigenvalue weighted by molar-refractivity contribution is -0.155. The number of amides is 1. The highest BCUT2D eigenvalue weighted by Gasteiger charge is 2.53. The van der Waals surface area contributed by atoms with Crippen molar-refractivity contribution in [1.29, 1.82) is 0 Å². The number of carbonyl (C=O) groups excluding carboxylic acids is 3. The normalized spacial score (nSPS) is 15.4. The summed E-state index contributed by atoms with van der Waals surface area (Å²) in [6, 6.07) is 48.6. The van der Waals surface area contributed by atoms with Gasteiger partial charge < -0.3 is 19.1 Å². The zero-order valence-corrected chi connectivity index (χ0v) is 36.0. The smallest absolute Gasteiger partial charge is 0.347 e. The number of likely N-dealkylation sites (tertiary alicyclic amines) is 1. The second-order valence-electron chi connectivity index (χ2n) is 15.5. The van der Waals surface area contributed by atoms with Crippen LogP contribution >= 0.6 is 0 Å². The van der Waals surface area contributed by atoms with Gasteiger partial charge in [0.1, 0.15) is 5.54 Å². The molecule has 0 aliphatic carbocycles. The average molecular weight is 856 g/mol. The molecular weight excluding hydrogens is 807 g/mol. The molecule has 7 aromatic rings. The van der Waals surface area contributed by atoms with Gasteiger partial charge in [0.15, 0.2) is 24.1 Å². The maximum Gasteiger partial charge on any atom is 0.347 e. The zero-order chi connectivity index (χ0) is 44.5. The van der Waals surface area contributed by atoms with Gasteiger partial charge in [-0.15, -0.1) is 5.10 Å². The summed E-state index contributed by atoms with van der Waals surface area (Å²) in [6.07, 6.45) is 2.97. The number of nitrogens with one attached hydrogen (secondary N) is 1. The predicted molar refractivity (Wildman–Crippen MR) is 241 cm³/mol. The summed E-state index contributed by atoms with van der Waals surface area (Å²) in [4.78, 5) is 47.9. The number of nitrogens with zero attached hydrogens (tertiary/aromatic N) is 6. The Kier molecular flexibility index (Phi) is 13.1. The third-order valence-electron chi connectivity index (χ3n) is 11.7. The van der Waals surface area contributed by atoms with Crippen LogP contribution in [0.3, 0.4) is 0 Å². The molecule has 0 spiro atoms. The van der Waals surface area contributed by atoms with Crippen molar-refractivity contribution in [2.45, 2.75) is 49.9 Å². The number of hydrogen-bond donors (Lipinski definition) is 1. The first-order valence-corrected chi connectivity index (χ1v) is 21.3. The van der Waals surface area contributed by atoms with E-state index in [2.05, 4.69) is 51.9 Å². The van der Waals surface area contributed by atoms with Crippen molar-refractivity contribution in [1.82, 2.24) is 35.4 Å². The summed E-state index contributed by atoms with van der Waals surface area (Å²) < 4.78 is 17.6. The van der Waals surface area contributed by atoms with Crippen molar-refractivity contribution in [3.8, 4) is 28.4 Å². The zero-order valence-electron chi connectivity index (χ0n) is 36.0. The minimum atomic E-state index is -1.63. The van der Waals surface area contributed by atoms with Crippen molar-refractivity contribution in [3.05, 3.63) is 186 Å². The minimum Gasteiger partial charge on any atom is -0.466 e. The molecule has 13 heteroatoms. The largest absolute Gasteiger partial charge is 0.466 e. The summed E-state index contributed by atoms with van der Waals surface area (Å²) in [5.41, 5.74) is 3.74. The number of ketones is 1. The van der Waals surface area contributed by atoms with E-state index < -0.39 is 29.1 Å². The standard InChI is InChI=1S/C51H49N7O6/c1-4-17-44(59)46(53-50(49(61)63-3)32-16-33-57(50)48(60)38-30-31-45(52-34-38)64-35-62-2)37-28-26-36(27-29-37)42-24-14-15-25-43(42)47-54-55-56-58(47)51(39-18-8-5-9-19-39,40-20-10-6-11-21-40)41-22-12-7-13-23-41/h5-15,18-31,34,46,53H,4,16-17,32-33,35H2,1-3H3/t46-,50-/m0/s1. The number of pyridine rings is 1. The lowest BCUT2D eigenvalue weighted by Crippen LogP contribution is -2.64. The van der Waals surface area contributed by atoms with Gasteiger partial charge in [-0.1, -0.05) is 146 Å². The van der Waals surface area contributed by atoms with E-state index in [1.54, 1.807) is 12.1 Å².